The minimum atomic E-state index is 0.483. The summed E-state index contributed by atoms with van der Waals surface area (Å²) in [5.74, 6) is 0. The average molecular weight is 121 g/mol. The number of nitriles is 1. The first kappa shape index (κ1) is 5.83. The number of rotatable bonds is 1. The average Bonchev–Trinajstić information content (AvgIpc) is 2.34. The van der Waals surface area contributed by atoms with Crippen LogP contribution < -0.4 is 0 Å². The van der Waals surface area contributed by atoms with Crippen molar-refractivity contribution in [3.05, 3.63) is 18.0 Å². The molecule has 0 saturated carbocycles. The molecule has 0 fully saturated rings. The second-order valence-corrected chi connectivity index (χ2v) is 1.67. The van der Waals surface area contributed by atoms with Crippen molar-refractivity contribution in [2.75, 3.05) is 0 Å². The molecule has 0 bridgehead atoms. The molecule has 0 aliphatic rings. The molecule has 1 aromatic heterocycles. The molecule has 9 heavy (non-hydrogen) atoms. The van der Waals surface area contributed by atoms with Crippen LogP contribution in [0.4, 0.5) is 0 Å². The lowest BCUT2D eigenvalue weighted by atomic mass is 10.5. The Morgan fingerprint density at radius 3 is 3.00 bits per heavy atom. The summed E-state index contributed by atoms with van der Waals surface area (Å²) >= 11 is 0. The van der Waals surface area contributed by atoms with Gasteiger partial charge in [-0.2, -0.15) is 10.4 Å². The first-order valence-electron chi connectivity index (χ1n) is 2.80. The molecule has 0 aliphatic carbocycles. The Bertz CT molecular complexity index is 231. The molecule has 0 unspecified atom stereocenters. The SMILES string of the molecule is CCn1ccc(C#N)n1. The van der Waals surface area contributed by atoms with Crippen LogP contribution in [-0.2, 0) is 6.54 Å². The number of nitrogens with zero attached hydrogens (tertiary/aromatic N) is 3. The third-order valence-electron chi connectivity index (χ3n) is 1.08. The van der Waals surface area contributed by atoms with Crippen LogP contribution in [0.25, 0.3) is 0 Å². The van der Waals surface area contributed by atoms with Gasteiger partial charge in [0, 0.05) is 12.7 Å². The highest BCUT2D eigenvalue weighted by Crippen LogP contribution is 1.91. The zero-order valence-corrected chi connectivity index (χ0v) is 5.20. The van der Waals surface area contributed by atoms with Crippen LogP contribution in [0.1, 0.15) is 12.6 Å². The van der Waals surface area contributed by atoms with Gasteiger partial charge in [0.05, 0.1) is 0 Å². The van der Waals surface area contributed by atoms with Gasteiger partial charge in [0.1, 0.15) is 6.07 Å². The van der Waals surface area contributed by atoms with Crippen LogP contribution in [0.2, 0.25) is 0 Å². The topological polar surface area (TPSA) is 41.6 Å². The first-order chi connectivity index (χ1) is 4.36. The fourth-order valence-electron chi connectivity index (χ4n) is 0.597. The van der Waals surface area contributed by atoms with Crippen LogP contribution in [-0.4, -0.2) is 9.78 Å². The number of hydrogen-bond acceptors (Lipinski definition) is 2. The van der Waals surface area contributed by atoms with Gasteiger partial charge in [0.2, 0.25) is 0 Å². The quantitative estimate of drug-likeness (QED) is 0.550. The van der Waals surface area contributed by atoms with Crippen LogP contribution in [0, 0.1) is 11.3 Å². The molecule has 0 aliphatic heterocycles. The summed E-state index contributed by atoms with van der Waals surface area (Å²) in [5, 5.41) is 12.2. The van der Waals surface area contributed by atoms with E-state index in [4.69, 9.17) is 5.26 Å². The highest BCUT2D eigenvalue weighted by atomic mass is 15.3. The minimum absolute atomic E-state index is 0.483. The molecular formula is C6H7N3. The van der Waals surface area contributed by atoms with Crippen molar-refractivity contribution in [1.29, 1.82) is 5.26 Å². The second kappa shape index (κ2) is 2.31. The van der Waals surface area contributed by atoms with Gasteiger partial charge in [-0.15, -0.1) is 0 Å². The summed E-state index contributed by atoms with van der Waals surface area (Å²) in [6.07, 6.45) is 1.79. The van der Waals surface area contributed by atoms with E-state index in [2.05, 4.69) is 5.10 Å². The molecule has 0 spiro atoms. The summed E-state index contributed by atoms with van der Waals surface area (Å²) in [6.45, 7) is 2.80. The molecule has 3 heteroatoms. The highest BCUT2D eigenvalue weighted by molar-refractivity contribution is 5.16. The van der Waals surface area contributed by atoms with E-state index < -0.39 is 0 Å². The van der Waals surface area contributed by atoms with E-state index in [0.717, 1.165) is 6.54 Å². The van der Waals surface area contributed by atoms with Gasteiger partial charge in [-0.25, -0.2) is 0 Å². The van der Waals surface area contributed by atoms with Gasteiger partial charge in [0.15, 0.2) is 5.69 Å². The van der Waals surface area contributed by atoms with Crippen molar-refractivity contribution >= 4 is 0 Å². The molecule has 0 atom stereocenters. The van der Waals surface area contributed by atoms with Gasteiger partial charge in [-0.3, -0.25) is 4.68 Å². The summed E-state index contributed by atoms with van der Waals surface area (Å²) < 4.78 is 1.72. The Hall–Kier alpha value is -1.30. The predicted octanol–water partition coefficient (Wildman–Crippen LogP) is 0.775. The maximum absolute atomic E-state index is 8.32. The monoisotopic (exact) mass is 121 g/mol. The maximum atomic E-state index is 8.32. The minimum Gasteiger partial charge on any atom is -0.272 e. The molecule has 0 aromatic carbocycles. The fourth-order valence-corrected chi connectivity index (χ4v) is 0.597. The molecule has 1 rings (SSSR count). The first-order valence-corrected chi connectivity index (χ1v) is 2.80. The Labute approximate surface area is 53.5 Å². The standard InChI is InChI=1S/C6H7N3/c1-2-9-4-3-6(5-7)8-9/h3-4H,2H2,1H3. The number of aromatic nitrogens is 2. The second-order valence-electron chi connectivity index (χ2n) is 1.67. The molecule has 3 nitrogen and oxygen atoms in total. The van der Waals surface area contributed by atoms with E-state index in [0.29, 0.717) is 5.69 Å². The van der Waals surface area contributed by atoms with E-state index >= 15 is 0 Å². The zero-order valence-electron chi connectivity index (χ0n) is 5.20. The number of hydrogen-bond donors (Lipinski definition) is 0. The normalized spacial score (nSPS) is 8.89. The summed E-state index contributed by atoms with van der Waals surface area (Å²) in [7, 11) is 0. The van der Waals surface area contributed by atoms with Gasteiger partial charge in [-0.1, -0.05) is 0 Å². The molecule has 0 N–H and O–H groups in total. The van der Waals surface area contributed by atoms with E-state index in [1.165, 1.54) is 0 Å². The molecular weight excluding hydrogens is 114 g/mol. The lowest BCUT2D eigenvalue weighted by molar-refractivity contribution is 0.657. The van der Waals surface area contributed by atoms with E-state index in [9.17, 15) is 0 Å². The Kier molecular flexibility index (Phi) is 1.50. The maximum Gasteiger partial charge on any atom is 0.162 e. The van der Waals surface area contributed by atoms with Crippen molar-refractivity contribution in [3.8, 4) is 6.07 Å². The molecule has 0 saturated heterocycles. The lowest BCUT2D eigenvalue weighted by Crippen LogP contribution is -1.93. The largest absolute Gasteiger partial charge is 0.272 e. The predicted molar refractivity (Wildman–Crippen MR) is 32.6 cm³/mol. The van der Waals surface area contributed by atoms with Crippen LogP contribution >= 0.6 is 0 Å². The molecule has 1 aromatic rings. The molecule has 0 radical (unpaired) electrons. The molecule has 0 amide bonds. The van der Waals surface area contributed by atoms with Gasteiger partial charge in [0.25, 0.3) is 0 Å². The zero-order chi connectivity index (χ0) is 6.69. The summed E-state index contributed by atoms with van der Waals surface area (Å²) in [5.41, 5.74) is 0.483. The molecule has 1 heterocycles. The summed E-state index contributed by atoms with van der Waals surface area (Å²) in [4.78, 5) is 0. The van der Waals surface area contributed by atoms with Gasteiger partial charge >= 0.3 is 0 Å². The van der Waals surface area contributed by atoms with E-state index in [1.807, 2.05) is 13.0 Å². The summed E-state index contributed by atoms with van der Waals surface area (Å²) in [6, 6.07) is 3.65. The highest BCUT2D eigenvalue weighted by Gasteiger charge is 1.91. The van der Waals surface area contributed by atoms with Crippen LogP contribution in [0.15, 0.2) is 12.3 Å². The third-order valence-corrected chi connectivity index (χ3v) is 1.08. The van der Waals surface area contributed by atoms with Crippen molar-refractivity contribution < 1.29 is 0 Å². The number of aryl methyl sites for hydroxylation is 1. The van der Waals surface area contributed by atoms with E-state index in [-0.39, 0.29) is 0 Å². The Morgan fingerprint density at radius 2 is 2.67 bits per heavy atom. The van der Waals surface area contributed by atoms with Gasteiger partial charge in [-0.05, 0) is 13.0 Å². The van der Waals surface area contributed by atoms with Crippen molar-refractivity contribution in [1.82, 2.24) is 9.78 Å². The Balaban J connectivity index is 2.90. The van der Waals surface area contributed by atoms with Crippen LogP contribution in [0.3, 0.4) is 0 Å². The molecule has 46 valence electrons. The smallest absolute Gasteiger partial charge is 0.162 e. The third kappa shape index (κ3) is 1.08. The van der Waals surface area contributed by atoms with Crippen molar-refractivity contribution in [3.63, 3.8) is 0 Å². The Morgan fingerprint density at radius 1 is 1.89 bits per heavy atom. The fraction of sp³-hybridized carbons (Fsp3) is 0.333. The van der Waals surface area contributed by atoms with Crippen molar-refractivity contribution in [2.45, 2.75) is 13.5 Å². The van der Waals surface area contributed by atoms with Crippen LogP contribution in [0.5, 0.6) is 0 Å². The van der Waals surface area contributed by atoms with Crippen molar-refractivity contribution in [2.24, 2.45) is 0 Å². The lowest BCUT2D eigenvalue weighted by Gasteiger charge is -1.88. The van der Waals surface area contributed by atoms with E-state index in [1.54, 1.807) is 16.9 Å². The van der Waals surface area contributed by atoms with Gasteiger partial charge < -0.3 is 0 Å².